The summed E-state index contributed by atoms with van der Waals surface area (Å²) in [6, 6.07) is 4.33. The zero-order valence-corrected chi connectivity index (χ0v) is 21.7. The lowest BCUT2D eigenvalue weighted by Gasteiger charge is -2.37. The number of carbonyl (C=O) groups is 1. The lowest BCUT2D eigenvalue weighted by Crippen LogP contribution is -2.43. The predicted molar refractivity (Wildman–Crippen MR) is 126 cm³/mol. The first-order valence-electron chi connectivity index (χ1n) is 11.6. The molecule has 0 bridgehead atoms. The molecule has 1 N–H and O–H groups in total. The number of halogens is 2. The minimum atomic E-state index is -1.98. The second-order valence-corrected chi connectivity index (χ2v) is 15.3. The molecule has 8 nitrogen and oxygen atoms in total. The van der Waals surface area contributed by atoms with Crippen LogP contribution in [0.25, 0.3) is 11.3 Å². The van der Waals surface area contributed by atoms with Gasteiger partial charge in [0.2, 0.25) is 11.8 Å². The van der Waals surface area contributed by atoms with Crippen LogP contribution < -0.4 is 5.32 Å². The second kappa shape index (κ2) is 9.27. The molecule has 1 aliphatic carbocycles. The van der Waals surface area contributed by atoms with Crippen molar-refractivity contribution < 1.29 is 26.9 Å². The third-order valence-corrected chi connectivity index (χ3v) is 11.4. The van der Waals surface area contributed by atoms with Crippen LogP contribution in [0.2, 0.25) is 18.1 Å². The largest absolute Gasteiger partial charge is 0.422 e. The monoisotopic (exact) mass is 504 g/mol. The van der Waals surface area contributed by atoms with E-state index in [0.717, 1.165) is 12.1 Å². The highest BCUT2D eigenvalue weighted by atomic mass is 28.4. The average Bonchev–Trinajstić information content (AvgIpc) is 3.39. The summed E-state index contributed by atoms with van der Waals surface area (Å²) in [5.74, 6) is -0.845. The van der Waals surface area contributed by atoms with Gasteiger partial charge < -0.3 is 18.7 Å². The van der Waals surface area contributed by atoms with E-state index in [1.54, 1.807) is 0 Å². The number of rotatable bonds is 7. The van der Waals surface area contributed by atoms with Crippen LogP contribution in [0.5, 0.6) is 0 Å². The molecule has 35 heavy (non-hydrogen) atoms. The Morgan fingerprint density at radius 3 is 2.57 bits per heavy atom. The van der Waals surface area contributed by atoms with Gasteiger partial charge in [-0.05, 0) is 50.0 Å². The van der Waals surface area contributed by atoms with E-state index in [0.29, 0.717) is 24.6 Å². The van der Waals surface area contributed by atoms with E-state index in [1.807, 2.05) is 6.92 Å². The van der Waals surface area contributed by atoms with E-state index in [2.05, 4.69) is 54.5 Å². The van der Waals surface area contributed by atoms with Gasteiger partial charge in [0.15, 0.2) is 19.8 Å². The van der Waals surface area contributed by atoms with Crippen LogP contribution >= 0.6 is 0 Å². The summed E-state index contributed by atoms with van der Waals surface area (Å²) in [5, 5.41) is 15.0. The molecule has 3 aromatic rings. The zero-order chi connectivity index (χ0) is 25.5. The van der Waals surface area contributed by atoms with Gasteiger partial charge in [0, 0.05) is 24.1 Å². The Morgan fingerprint density at radius 2 is 1.91 bits per heavy atom. The molecule has 11 heteroatoms. The fraction of sp³-hybridized carbons (Fsp3) is 0.500. The van der Waals surface area contributed by atoms with Crippen molar-refractivity contribution in [1.82, 2.24) is 20.7 Å². The normalized spacial score (nSPS) is 19.3. The van der Waals surface area contributed by atoms with Gasteiger partial charge in [-0.3, -0.25) is 4.79 Å². The van der Waals surface area contributed by atoms with Crippen molar-refractivity contribution >= 4 is 14.2 Å². The summed E-state index contributed by atoms with van der Waals surface area (Å²) < 4.78 is 44.4. The lowest BCUT2D eigenvalue weighted by molar-refractivity contribution is 0.0892. The van der Waals surface area contributed by atoms with Crippen LogP contribution in [0.15, 0.2) is 33.2 Å². The first kappa shape index (κ1) is 25.2. The van der Waals surface area contributed by atoms with Crippen LogP contribution in [0.4, 0.5) is 8.78 Å². The van der Waals surface area contributed by atoms with Gasteiger partial charge in [0.25, 0.3) is 5.91 Å². The van der Waals surface area contributed by atoms with Gasteiger partial charge in [-0.2, -0.15) is 0 Å². The highest BCUT2D eigenvalue weighted by Crippen LogP contribution is 2.41. The number of benzene rings is 1. The van der Waals surface area contributed by atoms with Crippen molar-refractivity contribution in [2.24, 2.45) is 0 Å². The number of hydrogen-bond acceptors (Lipinski definition) is 7. The Hall–Kier alpha value is -2.92. The van der Waals surface area contributed by atoms with Crippen molar-refractivity contribution in [3.8, 4) is 11.3 Å². The summed E-state index contributed by atoms with van der Waals surface area (Å²) in [5.41, 5.74) is 0.0458. The first-order chi connectivity index (χ1) is 16.3. The van der Waals surface area contributed by atoms with Gasteiger partial charge in [0.05, 0.1) is 5.56 Å². The number of nitrogens with one attached hydrogen (secondary N) is 1. The molecule has 4 rings (SSSR count). The zero-order valence-electron chi connectivity index (χ0n) is 20.7. The molecular weight excluding hydrogens is 474 g/mol. The molecule has 1 aliphatic rings. The molecular formula is C24H30F2N4O4Si. The van der Waals surface area contributed by atoms with E-state index in [4.69, 9.17) is 13.4 Å². The smallest absolute Gasteiger partial charge is 0.273 e. The highest BCUT2D eigenvalue weighted by molar-refractivity contribution is 6.74. The molecule has 1 fully saturated rings. The maximum Gasteiger partial charge on any atom is 0.273 e. The third kappa shape index (κ3) is 5.35. The Kier molecular flexibility index (Phi) is 6.67. The van der Waals surface area contributed by atoms with Gasteiger partial charge in [0.1, 0.15) is 17.7 Å². The fourth-order valence-electron chi connectivity index (χ4n) is 3.64. The number of hydrogen-bond donors (Lipinski definition) is 1. The fourth-order valence-corrected chi connectivity index (χ4v) is 4.98. The Labute approximate surface area is 203 Å². The minimum absolute atomic E-state index is 0.0175. The standard InChI is InChI=1S/C24H30F2N4O4Si/c1-13(34-35(5,6)24(2,3)4)22-28-29-23(32-22)14-9-16(10-14)27-21(31)19-12-20(33-30-19)17-8-7-15(25)11-18(17)26/h7-8,11-14,16H,9-10H2,1-6H3,(H,27,31)/t13-,14?,16?/m1/s1. The lowest BCUT2D eigenvalue weighted by atomic mass is 9.80. The SMILES string of the molecule is C[C@@H](O[Si](C)(C)C(C)(C)C)c1nnc(C2CC(NC(=O)c3cc(-c4ccc(F)cc4F)on3)C2)o1. The highest BCUT2D eigenvalue weighted by Gasteiger charge is 2.40. The number of amides is 1. The van der Waals surface area contributed by atoms with Crippen molar-refractivity contribution in [2.75, 3.05) is 0 Å². The third-order valence-electron chi connectivity index (χ3n) is 6.84. The summed E-state index contributed by atoms with van der Waals surface area (Å²) >= 11 is 0. The van der Waals surface area contributed by atoms with Crippen LogP contribution in [-0.4, -0.2) is 35.6 Å². The molecule has 188 valence electrons. The summed E-state index contributed by atoms with van der Waals surface area (Å²) in [7, 11) is -1.98. The molecule has 2 heterocycles. The van der Waals surface area contributed by atoms with E-state index < -0.39 is 25.9 Å². The van der Waals surface area contributed by atoms with Crippen molar-refractivity contribution in [3.05, 3.63) is 53.4 Å². The maximum absolute atomic E-state index is 14.0. The molecule has 1 aromatic carbocycles. The summed E-state index contributed by atoms with van der Waals surface area (Å²) in [4.78, 5) is 12.5. The quantitative estimate of drug-likeness (QED) is 0.408. The van der Waals surface area contributed by atoms with Crippen LogP contribution in [0.1, 0.15) is 74.8 Å². The topological polar surface area (TPSA) is 103 Å². The number of nitrogens with zero attached hydrogens (tertiary/aromatic N) is 3. The number of aromatic nitrogens is 3. The molecule has 0 saturated heterocycles. The van der Waals surface area contributed by atoms with Crippen LogP contribution in [0.3, 0.4) is 0 Å². The molecule has 0 aliphatic heterocycles. The molecule has 2 aromatic heterocycles. The molecule has 1 atom stereocenters. The summed E-state index contributed by atoms with van der Waals surface area (Å²) in [6.07, 6.45) is 0.990. The minimum Gasteiger partial charge on any atom is -0.422 e. The Balaban J connectivity index is 1.31. The summed E-state index contributed by atoms with van der Waals surface area (Å²) in [6.45, 7) is 12.8. The van der Waals surface area contributed by atoms with Crippen LogP contribution in [0, 0.1) is 11.6 Å². The number of carbonyl (C=O) groups excluding carboxylic acids is 1. The first-order valence-corrected chi connectivity index (χ1v) is 14.5. The van der Waals surface area contributed by atoms with E-state index in [9.17, 15) is 13.6 Å². The van der Waals surface area contributed by atoms with Crippen molar-refractivity contribution in [1.29, 1.82) is 0 Å². The molecule has 0 unspecified atom stereocenters. The van der Waals surface area contributed by atoms with Crippen LogP contribution in [-0.2, 0) is 4.43 Å². The Bertz CT molecular complexity index is 1210. The Morgan fingerprint density at radius 1 is 1.20 bits per heavy atom. The van der Waals surface area contributed by atoms with E-state index in [1.165, 1.54) is 12.1 Å². The van der Waals surface area contributed by atoms with Gasteiger partial charge in [-0.15, -0.1) is 10.2 Å². The van der Waals surface area contributed by atoms with Crippen molar-refractivity contribution in [2.45, 2.75) is 76.7 Å². The average molecular weight is 505 g/mol. The molecule has 0 radical (unpaired) electrons. The van der Waals surface area contributed by atoms with Gasteiger partial charge in [-0.25, -0.2) is 8.78 Å². The molecule has 0 spiro atoms. The van der Waals surface area contributed by atoms with Crippen molar-refractivity contribution in [3.63, 3.8) is 0 Å². The van der Waals surface area contributed by atoms with Gasteiger partial charge in [-0.1, -0.05) is 25.9 Å². The maximum atomic E-state index is 14.0. The predicted octanol–water partition coefficient (Wildman–Crippen LogP) is 5.76. The second-order valence-electron chi connectivity index (χ2n) is 10.5. The van der Waals surface area contributed by atoms with E-state index >= 15 is 0 Å². The molecule has 1 amide bonds. The van der Waals surface area contributed by atoms with E-state index in [-0.39, 0.29) is 40.1 Å². The van der Waals surface area contributed by atoms with Gasteiger partial charge >= 0.3 is 0 Å². The molecule has 1 saturated carbocycles.